The Kier molecular flexibility index (Phi) is 7.30. The summed E-state index contributed by atoms with van der Waals surface area (Å²) in [5.74, 6) is -1.48. The van der Waals surface area contributed by atoms with Crippen LogP contribution in [0.15, 0.2) is 48.2 Å². The lowest BCUT2D eigenvalue weighted by molar-refractivity contribution is -0.149. The van der Waals surface area contributed by atoms with Gasteiger partial charge in [0.25, 0.3) is 0 Å². The lowest BCUT2D eigenvalue weighted by atomic mass is 10.0. The predicted octanol–water partition coefficient (Wildman–Crippen LogP) is 6.05. The number of rotatable bonds is 5. The van der Waals surface area contributed by atoms with E-state index < -0.39 is 29.3 Å². The number of nitriles is 1. The largest absolute Gasteiger partial charge is 0.465 e. The summed E-state index contributed by atoms with van der Waals surface area (Å²) in [7, 11) is 1.22. The van der Waals surface area contributed by atoms with Crippen molar-refractivity contribution in [2.24, 2.45) is 0 Å². The normalized spacial score (nSPS) is 12.4. The molecule has 0 unspecified atom stereocenters. The molecular formula is C27H25F3N2O4. The molecule has 0 spiro atoms. The molecule has 0 saturated carbocycles. The molecule has 188 valence electrons. The summed E-state index contributed by atoms with van der Waals surface area (Å²) in [6.07, 6.45) is -1.62. The number of esters is 2. The van der Waals surface area contributed by atoms with Crippen LogP contribution in [-0.4, -0.2) is 29.2 Å². The zero-order valence-electron chi connectivity index (χ0n) is 20.5. The van der Waals surface area contributed by atoms with Gasteiger partial charge < -0.3 is 14.0 Å². The third-order valence-corrected chi connectivity index (χ3v) is 5.20. The Bertz CT molecular complexity index is 1400. The molecule has 1 heterocycles. The zero-order valence-corrected chi connectivity index (χ0v) is 20.5. The Labute approximate surface area is 206 Å². The summed E-state index contributed by atoms with van der Waals surface area (Å²) >= 11 is 0. The SMILES string of the molecule is COC(=O)c1cccc2c1c(/C=C(\C#N)C(=O)OC(C)(C)C)cn2Cc1cc(C)cc(C(F)(F)F)c1. The number of aromatic nitrogens is 1. The first-order valence-corrected chi connectivity index (χ1v) is 11.0. The second-order valence-electron chi connectivity index (χ2n) is 9.28. The molecule has 0 N–H and O–H groups in total. The van der Waals surface area contributed by atoms with E-state index in [9.17, 15) is 28.0 Å². The van der Waals surface area contributed by atoms with Crippen LogP contribution in [0.1, 0.15) is 53.4 Å². The maximum atomic E-state index is 13.4. The number of methoxy groups -OCH3 is 1. The molecule has 0 radical (unpaired) electrons. The van der Waals surface area contributed by atoms with Gasteiger partial charge in [0.15, 0.2) is 0 Å². The van der Waals surface area contributed by atoms with E-state index in [2.05, 4.69) is 0 Å². The van der Waals surface area contributed by atoms with Crippen LogP contribution in [0.4, 0.5) is 13.2 Å². The lowest BCUT2D eigenvalue weighted by Gasteiger charge is -2.18. The van der Waals surface area contributed by atoms with Crippen LogP contribution in [-0.2, 0) is 27.0 Å². The molecule has 3 aromatic rings. The van der Waals surface area contributed by atoms with Crippen LogP contribution in [0.5, 0.6) is 0 Å². The van der Waals surface area contributed by atoms with Crippen LogP contribution >= 0.6 is 0 Å². The minimum Gasteiger partial charge on any atom is -0.465 e. The van der Waals surface area contributed by atoms with Crippen molar-refractivity contribution in [1.82, 2.24) is 4.57 Å². The van der Waals surface area contributed by atoms with E-state index in [4.69, 9.17) is 9.47 Å². The smallest absolute Gasteiger partial charge is 0.416 e. The van der Waals surface area contributed by atoms with Gasteiger partial charge in [-0.05, 0) is 63.6 Å². The molecule has 0 amide bonds. The number of ether oxygens (including phenoxy) is 2. The number of alkyl halides is 3. The van der Waals surface area contributed by atoms with E-state index in [-0.39, 0.29) is 17.7 Å². The van der Waals surface area contributed by atoms with Crippen molar-refractivity contribution >= 4 is 28.9 Å². The quantitative estimate of drug-likeness (QED) is 0.243. The summed E-state index contributed by atoms with van der Waals surface area (Å²) < 4.78 is 51.9. The molecule has 2 aromatic carbocycles. The van der Waals surface area contributed by atoms with E-state index >= 15 is 0 Å². The van der Waals surface area contributed by atoms with Crippen LogP contribution in [0.25, 0.3) is 17.0 Å². The van der Waals surface area contributed by atoms with Gasteiger partial charge in [-0.25, -0.2) is 9.59 Å². The highest BCUT2D eigenvalue weighted by Crippen LogP contribution is 2.32. The zero-order chi connectivity index (χ0) is 26.8. The maximum Gasteiger partial charge on any atom is 0.416 e. The summed E-state index contributed by atoms with van der Waals surface area (Å²) in [6, 6.07) is 10.5. The Balaban J connectivity index is 2.21. The first-order chi connectivity index (χ1) is 16.7. The van der Waals surface area contributed by atoms with Gasteiger partial charge in [-0.15, -0.1) is 0 Å². The van der Waals surface area contributed by atoms with Crippen molar-refractivity contribution in [3.8, 4) is 6.07 Å². The Hall–Kier alpha value is -4.06. The topological polar surface area (TPSA) is 81.3 Å². The number of hydrogen-bond donors (Lipinski definition) is 0. The Morgan fingerprint density at radius 1 is 1.14 bits per heavy atom. The summed E-state index contributed by atoms with van der Waals surface area (Å²) in [5, 5.41) is 10.00. The van der Waals surface area contributed by atoms with Crippen LogP contribution in [0, 0.1) is 18.3 Å². The fourth-order valence-corrected chi connectivity index (χ4v) is 3.84. The molecule has 0 aliphatic heterocycles. The molecule has 0 saturated heterocycles. The van der Waals surface area contributed by atoms with E-state index in [0.29, 0.717) is 27.6 Å². The molecule has 9 heteroatoms. The number of carbonyl (C=O) groups excluding carboxylic acids is 2. The number of aryl methyl sites for hydroxylation is 1. The Morgan fingerprint density at radius 3 is 2.42 bits per heavy atom. The molecule has 6 nitrogen and oxygen atoms in total. The van der Waals surface area contributed by atoms with Crippen molar-refractivity contribution in [3.05, 3.63) is 76.0 Å². The second-order valence-corrected chi connectivity index (χ2v) is 9.28. The van der Waals surface area contributed by atoms with Crippen molar-refractivity contribution in [2.45, 2.75) is 46.0 Å². The second kappa shape index (κ2) is 9.90. The third-order valence-electron chi connectivity index (χ3n) is 5.20. The van der Waals surface area contributed by atoms with Gasteiger partial charge in [-0.3, -0.25) is 0 Å². The first-order valence-electron chi connectivity index (χ1n) is 11.0. The van der Waals surface area contributed by atoms with Crippen LogP contribution < -0.4 is 0 Å². The van der Waals surface area contributed by atoms with E-state index in [1.807, 2.05) is 6.07 Å². The van der Waals surface area contributed by atoms with Gasteiger partial charge in [-0.2, -0.15) is 18.4 Å². The molecule has 0 aliphatic carbocycles. The summed E-state index contributed by atoms with van der Waals surface area (Å²) in [4.78, 5) is 25.0. The average Bonchev–Trinajstić information content (AvgIpc) is 3.11. The molecule has 1 aromatic heterocycles. The number of carbonyl (C=O) groups is 2. The fourth-order valence-electron chi connectivity index (χ4n) is 3.84. The maximum absolute atomic E-state index is 13.4. The number of halogens is 3. The highest BCUT2D eigenvalue weighted by atomic mass is 19.4. The number of hydrogen-bond acceptors (Lipinski definition) is 5. The summed E-state index contributed by atoms with van der Waals surface area (Å²) in [5.41, 5.74) is -0.00664. The summed E-state index contributed by atoms with van der Waals surface area (Å²) in [6.45, 7) is 6.62. The van der Waals surface area contributed by atoms with Gasteiger partial charge in [0.1, 0.15) is 17.2 Å². The standard InChI is InChI=1S/C27H25F3N2O4/c1-16-9-17(11-20(10-16)27(28,29)30)14-32-15-19(12-18(13-31)24(33)36-26(2,3)4)23-21(25(34)35-5)7-6-8-22(23)32/h6-12,15H,14H2,1-5H3/b18-12+. The van der Waals surface area contributed by atoms with Gasteiger partial charge in [0.05, 0.1) is 18.2 Å². The monoisotopic (exact) mass is 498 g/mol. The molecule has 36 heavy (non-hydrogen) atoms. The average molecular weight is 499 g/mol. The van der Waals surface area contributed by atoms with Crippen LogP contribution in [0.2, 0.25) is 0 Å². The number of benzene rings is 2. The molecular weight excluding hydrogens is 473 g/mol. The van der Waals surface area contributed by atoms with Crippen molar-refractivity contribution < 1.29 is 32.2 Å². The minimum absolute atomic E-state index is 0.0497. The number of fused-ring (bicyclic) bond motifs is 1. The van der Waals surface area contributed by atoms with Gasteiger partial charge >= 0.3 is 18.1 Å². The van der Waals surface area contributed by atoms with Crippen LogP contribution in [0.3, 0.4) is 0 Å². The fraction of sp³-hybridized carbons (Fsp3) is 0.296. The van der Waals surface area contributed by atoms with Gasteiger partial charge in [0, 0.05) is 29.2 Å². The first kappa shape index (κ1) is 26.5. The van der Waals surface area contributed by atoms with Gasteiger partial charge in [0.2, 0.25) is 0 Å². The van der Waals surface area contributed by atoms with Crippen molar-refractivity contribution in [3.63, 3.8) is 0 Å². The number of nitrogens with zero attached hydrogens (tertiary/aromatic N) is 2. The van der Waals surface area contributed by atoms with E-state index in [1.165, 1.54) is 19.3 Å². The lowest BCUT2D eigenvalue weighted by Crippen LogP contribution is -2.24. The molecule has 0 fully saturated rings. The van der Waals surface area contributed by atoms with Crippen molar-refractivity contribution in [2.75, 3.05) is 7.11 Å². The molecule has 0 bridgehead atoms. The van der Waals surface area contributed by atoms with Gasteiger partial charge in [-0.1, -0.05) is 17.7 Å². The van der Waals surface area contributed by atoms with Crippen molar-refractivity contribution in [1.29, 1.82) is 5.26 Å². The Morgan fingerprint density at radius 2 is 1.83 bits per heavy atom. The van der Waals surface area contributed by atoms with E-state index in [1.54, 1.807) is 56.7 Å². The molecule has 3 rings (SSSR count). The third kappa shape index (κ3) is 5.95. The highest BCUT2D eigenvalue weighted by molar-refractivity contribution is 6.09. The highest BCUT2D eigenvalue weighted by Gasteiger charge is 2.31. The van der Waals surface area contributed by atoms with E-state index in [0.717, 1.165) is 12.1 Å². The molecule has 0 aliphatic rings. The predicted molar refractivity (Wildman–Crippen MR) is 128 cm³/mol. The molecule has 0 atom stereocenters. The minimum atomic E-state index is -4.50.